The smallest absolute Gasteiger partial charge is 0.407 e. The van der Waals surface area contributed by atoms with E-state index in [4.69, 9.17) is 4.74 Å². The first kappa shape index (κ1) is 15.4. The highest BCUT2D eigenvalue weighted by Crippen LogP contribution is 2.36. The number of alkyl carbamates (subject to hydrolysis) is 1. The number of carboxylic acids is 1. The molecule has 114 valence electrons. The van der Waals surface area contributed by atoms with Gasteiger partial charge < -0.3 is 15.2 Å². The minimum atomic E-state index is -0.986. The van der Waals surface area contributed by atoms with E-state index in [0.717, 1.165) is 11.1 Å². The summed E-state index contributed by atoms with van der Waals surface area (Å²) in [7, 11) is 0. The van der Waals surface area contributed by atoms with E-state index in [-0.39, 0.29) is 6.54 Å². The fraction of sp³-hybridized carbons (Fsp3) is 0.500. The number of carbonyl (C=O) groups excluding carboxylic acids is 1. The summed E-state index contributed by atoms with van der Waals surface area (Å²) in [6.07, 6.45) is 0.266. The van der Waals surface area contributed by atoms with Crippen molar-refractivity contribution in [2.24, 2.45) is 5.41 Å². The fourth-order valence-electron chi connectivity index (χ4n) is 2.60. The second-order valence-corrected chi connectivity index (χ2v) is 6.56. The first-order chi connectivity index (χ1) is 9.72. The molecule has 1 aromatic carbocycles. The van der Waals surface area contributed by atoms with Crippen molar-refractivity contribution in [3.05, 3.63) is 35.4 Å². The summed E-state index contributed by atoms with van der Waals surface area (Å²) in [5.74, 6) is -0.894. The maximum Gasteiger partial charge on any atom is 0.407 e. The van der Waals surface area contributed by atoms with Crippen molar-refractivity contribution in [3.63, 3.8) is 0 Å². The Hall–Kier alpha value is -2.04. The van der Waals surface area contributed by atoms with Gasteiger partial charge in [0.2, 0.25) is 0 Å². The predicted octanol–water partition coefficient (Wildman–Crippen LogP) is 2.38. The number of nitrogens with one attached hydrogen (secondary N) is 1. The predicted molar refractivity (Wildman–Crippen MR) is 78.2 cm³/mol. The van der Waals surface area contributed by atoms with Crippen LogP contribution in [0.15, 0.2) is 24.3 Å². The van der Waals surface area contributed by atoms with Crippen molar-refractivity contribution in [1.29, 1.82) is 0 Å². The molecule has 0 aliphatic heterocycles. The molecule has 21 heavy (non-hydrogen) atoms. The summed E-state index contributed by atoms with van der Waals surface area (Å²) < 4.78 is 5.16. The van der Waals surface area contributed by atoms with E-state index in [0.29, 0.717) is 12.8 Å². The highest BCUT2D eigenvalue weighted by molar-refractivity contribution is 5.78. The van der Waals surface area contributed by atoms with Gasteiger partial charge in [-0.15, -0.1) is 0 Å². The summed E-state index contributed by atoms with van der Waals surface area (Å²) in [5.41, 5.74) is 0.483. The molecule has 1 aliphatic carbocycles. The summed E-state index contributed by atoms with van der Waals surface area (Å²) in [6.45, 7) is 5.37. The second kappa shape index (κ2) is 5.39. The van der Waals surface area contributed by atoms with Crippen molar-refractivity contribution >= 4 is 12.1 Å². The molecular weight excluding hydrogens is 270 g/mol. The van der Waals surface area contributed by atoms with Gasteiger partial charge in [0.1, 0.15) is 5.60 Å². The molecule has 1 aromatic rings. The fourth-order valence-corrected chi connectivity index (χ4v) is 2.60. The molecule has 1 aliphatic rings. The van der Waals surface area contributed by atoms with Crippen LogP contribution in [-0.2, 0) is 22.4 Å². The van der Waals surface area contributed by atoms with E-state index >= 15 is 0 Å². The number of carboxylic acid groups (broad SMARTS) is 1. The quantitative estimate of drug-likeness (QED) is 0.896. The minimum absolute atomic E-state index is 0.0614. The van der Waals surface area contributed by atoms with Crippen LogP contribution in [0.5, 0.6) is 0 Å². The number of ether oxygens (including phenoxy) is 1. The van der Waals surface area contributed by atoms with E-state index in [1.165, 1.54) is 0 Å². The number of carbonyl (C=O) groups is 2. The van der Waals surface area contributed by atoms with E-state index in [1.54, 1.807) is 20.8 Å². The Kier molecular flexibility index (Phi) is 3.94. The molecule has 0 radical (unpaired) electrons. The zero-order chi connectivity index (χ0) is 15.7. The van der Waals surface area contributed by atoms with Crippen LogP contribution in [0.3, 0.4) is 0 Å². The lowest BCUT2D eigenvalue weighted by molar-refractivity contribution is -0.148. The summed E-state index contributed by atoms with van der Waals surface area (Å²) in [4.78, 5) is 23.4. The Balaban J connectivity index is 2.06. The maximum atomic E-state index is 11.7. The van der Waals surface area contributed by atoms with Crippen LogP contribution in [-0.4, -0.2) is 29.3 Å². The Labute approximate surface area is 124 Å². The van der Waals surface area contributed by atoms with Crippen molar-refractivity contribution < 1.29 is 19.4 Å². The third kappa shape index (κ3) is 3.54. The number of aliphatic carboxylic acids is 1. The van der Waals surface area contributed by atoms with E-state index in [2.05, 4.69) is 5.32 Å². The zero-order valence-corrected chi connectivity index (χ0v) is 12.6. The van der Waals surface area contributed by atoms with Crippen LogP contribution in [0.1, 0.15) is 31.9 Å². The topological polar surface area (TPSA) is 75.6 Å². The Morgan fingerprint density at radius 2 is 1.76 bits per heavy atom. The third-order valence-corrected chi connectivity index (χ3v) is 3.60. The minimum Gasteiger partial charge on any atom is -0.481 e. The Morgan fingerprint density at radius 1 is 1.24 bits per heavy atom. The van der Waals surface area contributed by atoms with E-state index in [9.17, 15) is 14.7 Å². The summed E-state index contributed by atoms with van der Waals surface area (Å²) in [5, 5.41) is 12.2. The highest BCUT2D eigenvalue weighted by Gasteiger charge is 2.44. The van der Waals surface area contributed by atoms with E-state index < -0.39 is 23.1 Å². The average Bonchev–Trinajstić information content (AvgIpc) is 2.74. The van der Waals surface area contributed by atoms with Gasteiger partial charge in [0.25, 0.3) is 0 Å². The van der Waals surface area contributed by atoms with E-state index in [1.807, 2.05) is 24.3 Å². The molecule has 0 unspecified atom stereocenters. The van der Waals surface area contributed by atoms with Gasteiger partial charge in [0.15, 0.2) is 0 Å². The molecular formula is C16H21NO4. The van der Waals surface area contributed by atoms with Crippen LogP contribution >= 0.6 is 0 Å². The second-order valence-electron chi connectivity index (χ2n) is 6.56. The third-order valence-electron chi connectivity index (χ3n) is 3.60. The lowest BCUT2D eigenvalue weighted by Crippen LogP contribution is -2.45. The molecule has 0 aromatic heterocycles. The largest absolute Gasteiger partial charge is 0.481 e. The van der Waals surface area contributed by atoms with Crippen LogP contribution in [0, 0.1) is 5.41 Å². The lowest BCUT2D eigenvalue weighted by Gasteiger charge is -2.26. The molecule has 2 N–H and O–H groups in total. The zero-order valence-electron chi connectivity index (χ0n) is 12.6. The number of benzene rings is 1. The van der Waals surface area contributed by atoms with Crippen LogP contribution < -0.4 is 5.32 Å². The molecule has 0 saturated carbocycles. The number of amides is 1. The van der Waals surface area contributed by atoms with Crippen LogP contribution in [0.4, 0.5) is 4.79 Å². The van der Waals surface area contributed by atoms with Gasteiger partial charge in [-0.3, -0.25) is 4.79 Å². The van der Waals surface area contributed by atoms with Crippen molar-refractivity contribution in [3.8, 4) is 0 Å². The molecule has 0 atom stereocenters. The number of hydrogen-bond acceptors (Lipinski definition) is 3. The Morgan fingerprint density at radius 3 is 2.19 bits per heavy atom. The van der Waals surface area contributed by atoms with Gasteiger partial charge in [-0.2, -0.15) is 0 Å². The Bertz CT molecular complexity index is 535. The molecule has 0 heterocycles. The van der Waals surface area contributed by atoms with Gasteiger partial charge in [0.05, 0.1) is 5.41 Å². The van der Waals surface area contributed by atoms with Gasteiger partial charge in [-0.05, 0) is 44.7 Å². The standard InChI is InChI=1S/C16H21NO4/c1-15(2,3)21-14(20)17-10-16(13(18)19)8-11-6-4-5-7-12(11)9-16/h4-7H,8-10H2,1-3H3,(H,17,20)(H,18,19). The number of fused-ring (bicyclic) bond motifs is 1. The molecule has 2 rings (SSSR count). The number of hydrogen-bond donors (Lipinski definition) is 2. The normalized spacial score (nSPS) is 16.1. The van der Waals surface area contributed by atoms with Gasteiger partial charge in [0, 0.05) is 6.54 Å². The molecule has 5 heteroatoms. The van der Waals surface area contributed by atoms with Crippen molar-refractivity contribution in [2.45, 2.75) is 39.2 Å². The monoisotopic (exact) mass is 291 g/mol. The summed E-state index contributed by atoms with van der Waals surface area (Å²) in [6, 6.07) is 7.68. The van der Waals surface area contributed by atoms with Gasteiger partial charge >= 0.3 is 12.1 Å². The molecule has 1 amide bonds. The van der Waals surface area contributed by atoms with Gasteiger partial charge in [-0.25, -0.2) is 4.79 Å². The lowest BCUT2D eigenvalue weighted by atomic mass is 9.85. The van der Waals surface area contributed by atoms with Gasteiger partial charge in [-0.1, -0.05) is 24.3 Å². The molecule has 5 nitrogen and oxygen atoms in total. The first-order valence-corrected chi connectivity index (χ1v) is 6.99. The summed E-state index contributed by atoms with van der Waals surface area (Å²) >= 11 is 0. The molecule has 0 bridgehead atoms. The maximum absolute atomic E-state index is 11.7. The van der Waals surface area contributed by atoms with Crippen LogP contribution in [0.2, 0.25) is 0 Å². The first-order valence-electron chi connectivity index (χ1n) is 6.99. The van der Waals surface area contributed by atoms with Crippen molar-refractivity contribution in [1.82, 2.24) is 5.32 Å². The number of rotatable bonds is 3. The highest BCUT2D eigenvalue weighted by atomic mass is 16.6. The average molecular weight is 291 g/mol. The molecule has 0 saturated heterocycles. The van der Waals surface area contributed by atoms with Crippen LogP contribution in [0.25, 0.3) is 0 Å². The van der Waals surface area contributed by atoms with Crippen molar-refractivity contribution in [2.75, 3.05) is 6.54 Å². The SMILES string of the molecule is CC(C)(C)OC(=O)NCC1(C(=O)O)Cc2ccccc2C1. The molecule has 0 spiro atoms. The molecule has 0 fully saturated rings.